The zero-order valence-electron chi connectivity index (χ0n) is 9.83. The third kappa shape index (κ3) is 3.08. The number of benzene rings is 1. The van der Waals surface area contributed by atoms with Gasteiger partial charge in [-0.15, -0.1) is 0 Å². The van der Waals surface area contributed by atoms with Crippen LogP contribution in [0.1, 0.15) is 31.7 Å². The van der Waals surface area contributed by atoms with Crippen molar-refractivity contribution in [3.05, 3.63) is 34.3 Å². The molecule has 1 fully saturated rings. The maximum absolute atomic E-state index is 6.30. The van der Waals surface area contributed by atoms with Gasteiger partial charge in [-0.25, -0.2) is 0 Å². The second-order valence-electron chi connectivity index (χ2n) is 5.17. The summed E-state index contributed by atoms with van der Waals surface area (Å²) in [6.45, 7) is 2.34. The van der Waals surface area contributed by atoms with E-state index in [0.29, 0.717) is 6.04 Å². The molecule has 1 aromatic rings. The van der Waals surface area contributed by atoms with Gasteiger partial charge in [-0.05, 0) is 48.8 Å². The van der Waals surface area contributed by atoms with Crippen molar-refractivity contribution < 1.29 is 0 Å². The van der Waals surface area contributed by atoms with Crippen LogP contribution in [0.15, 0.2) is 28.7 Å². The van der Waals surface area contributed by atoms with Crippen molar-refractivity contribution in [2.24, 2.45) is 17.6 Å². The minimum atomic E-state index is 0.339. The van der Waals surface area contributed by atoms with E-state index in [9.17, 15) is 0 Å². The minimum Gasteiger partial charge on any atom is -0.327 e. The van der Waals surface area contributed by atoms with Crippen LogP contribution in [0, 0.1) is 11.8 Å². The monoisotopic (exact) mass is 281 g/mol. The molecule has 1 aliphatic rings. The highest BCUT2D eigenvalue weighted by molar-refractivity contribution is 9.10. The summed E-state index contributed by atoms with van der Waals surface area (Å²) in [4.78, 5) is 0. The van der Waals surface area contributed by atoms with E-state index < -0.39 is 0 Å². The van der Waals surface area contributed by atoms with Gasteiger partial charge in [0.1, 0.15) is 0 Å². The van der Waals surface area contributed by atoms with Crippen LogP contribution in [0.25, 0.3) is 0 Å². The molecular formula is C14H20BrN. The summed E-state index contributed by atoms with van der Waals surface area (Å²) < 4.78 is 1.14. The van der Waals surface area contributed by atoms with Gasteiger partial charge in [0.25, 0.3) is 0 Å². The molecule has 0 aromatic heterocycles. The molecule has 0 heterocycles. The van der Waals surface area contributed by atoms with Gasteiger partial charge in [0.15, 0.2) is 0 Å². The van der Waals surface area contributed by atoms with E-state index in [0.717, 1.165) is 22.7 Å². The Bertz CT molecular complexity index is 333. The van der Waals surface area contributed by atoms with Crippen LogP contribution >= 0.6 is 15.9 Å². The van der Waals surface area contributed by atoms with E-state index in [1.54, 1.807) is 0 Å². The smallest absolute Gasteiger partial charge is 0.0175 e. The topological polar surface area (TPSA) is 26.0 Å². The first-order valence-electron chi connectivity index (χ1n) is 6.15. The van der Waals surface area contributed by atoms with Crippen LogP contribution in [0.5, 0.6) is 0 Å². The molecule has 88 valence electrons. The fourth-order valence-electron chi connectivity index (χ4n) is 2.70. The predicted octanol–water partition coefficient (Wildman–Crippen LogP) is 3.76. The quantitative estimate of drug-likeness (QED) is 0.897. The summed E-state index contributed by atoms with van der Waals surface area (Å²) in [5.74, 6) is 1.61. The lowest BCUT2D eigenvalue weighted by Crippen LogP contribution is -2.30. The largest absolute Gasteiger partial charge is 0.327 e. The summed E-state index contributed by atoms with van der Waals surface area (Å²) in [6, 6.07) is 8.87. The van der Waals surface area contributed by atoms with Crippen molar-refractivity contribution in [1.82, 2.24) is 0 Å². The van der Waals surface area contributed by atoms with Gasteiger partial charge in [-0.3, -0.25) is 0 Å². The van der Waals surface area contributed by atoms with E-state index >= 15 is 0 Å². The standard InChI is InChI=1S/C14H20BrN/c1-10-2-5-12(8-10)14(16)9-11-3-6-13(15)7-4-11/h3-4,6-7,10,12,14H,2,5,8-9,16H2,1H3. The molecule has 3 unspecified atom stereocenters. The molecule has 0 saturated heterocycles. The summed E-state index contributed by atoms with van der Waals surface area (Å²) in [5.41, 5.74) is 7.66. The molecule has 1 saturated carbocycles. The Kier molecular flexibility index (Phi) is 4.04. The fraction of sp³-hybridized carbons (Fsp3) is 0.571. The van der Waals surface area contributed by atoms with Crippen molar-refractivity contribution in [1.29, 1.82) is 0 Å². The molecule has 1 nitrogen and oxygen atoms in total. The highest BCUT2D eigenvalue weighted by Crippen LogP contribution is 2.32. The lowest BCUT2D eigenvalue weighted by Gasteiger charge is -2.19. The molecule has 1 aromatic carbocycles. The van der Waals surface area contributed by atoms with Crippen molar-refractivity contribution in [3.63, 3.8) is 0 Å². The number of nitrogens with two attached hydrogens (primary N) is 1. The van der Waals surface area contributed by atoms with E-state index in [4.69, 9.17) is 5.73 Å². The highest BCUT2D eigenvalue weighted by Gasteiger charge is 2.26. The van der Waals surface area contributed by atoms with Crippen molar-refractivity contribution in [2.45, 2.75) is 38.6 Å². The van der Waals surface area contributed by atoms with Crippen LogP contribution in [-0.2, 0) is 6.42 Å². The summed E-state index contributed by atoms with van der Waals surface area (Å²) in [7, 11) is 0. The average molecular weight is 282 g/mol. The molecule has 1 aliphatic carbocycles. The first kappa shape index (κ1) is 12.1. The Morgan fingerprint density at radius 2 is 2.00 bits per heavy atom. The Morgan fingerprint density at radius 3 is 2.56 bits per heavy atom. The lowest BCUT2D eigenvalue weighted by molar-refractivity contribution is 0.415. The number of hydrogen-bond donors (Lipinski definition) is 1. The maximum Gasteiger partial charge on any atom is 0.0175 e. The van der Waals surface area contributed by atoms with E-state index in [1.807, 2.05) is 0 Å². The van der Waals surface area contributed by atoms with Crippen LogP contribution in [0.3, 0.4) is 0 Å². The zero-order chi connectivity index (χ0) is 11.5. The van der Waals surface area contributed by atoms with Gasteiger partial charge in [-0.2, -0.15) is 0 Å². The van der Waals surface area contributed by atoms with Crippen LogP contribution in [0.4, 0.5) is 0 Å². The summed E-state index contributed by atoms with van der Waals surface area (Å²) >= 11 is 3.45. The van der Waals surface area contributed by atoms with Crippen LogP contribution in [0.2, 0.25) is 0 Å². The second-order valence-corrected chi connectivity index (χ2v) is 6.09. The van der Waals surface area contributed by atoms with Gasteiger partial charge in [0.2, 0.25) is 0 Å². The molecule has 0 aliphatic heterocycles. The molecule has 16 heavy (non-hydrogen) atoms. The van der Waals surface area contributed by atoms with Crippen LogP contribution < -0.4 is 5.73 Å². The van der Waals surface area contributed by atoms with Crippen molar-refractivity contribution >= 4 is 15.9 Å². The van der Waals surface area contributed by atoms with Gasteiger partial charge in [-0.1, -0.05) is 41.4 Å². The van der Waals surface area contributed by atoms with Gasteiger partial charge < -0.3 is 5.73 Å². The lowest BCUT2D eigenvalue weighted by atomic mass is 9.92. The predicted molar refractivity (Wildman–Crippen MR) is 72.3 cm³/mol. The molecule has 2 rings (SSSR count). The molecule has 2 N–H and O–H groups in total. The SMILES string of the molecule is CC1CCC(C(N)Cc2ccc(Br)cc2)C1. The Hall–Kier alpha value is -0.340. The van der Waals surface area contributed by atoms with Gasteiger partial charge in [0.05, 0.1) is 0 Å². The summed E-state index contributed by atoms with van der Waals surface area (Å²) in [6.07, 6.45) is 5.01. The number of rotatable bonds is 3. The Morgan fingerprint density at radius 1 is 1.31 bits per heavy atom. The number of halogens is 1. The number of hydrogen-bond acceptors (Lipinski definition) is 1. The minimum absolute atomic E-state index is 0.339. The molecule has 3 atom stereocenters. The summed E-state index contributed by atoms with van der Waals surface area (Å²) in [5, 5.41) is 0. The highest BCUT2D eigenvalue weighted by atomic mass is 79.9. The van der Waals surface area contributed by atoms with E-state index in [2.05, 4.69) is 47.1 Å². The molecule has 0 amide bonds. The molecule has 2 heteroatoms. The molecule has 0 spiro atoms. The normalized spacial score (nSPS) is 26.9. The van der Waals surface area contributed by atoms with E-state index in [1.165, 1.54) is 24.8 Å². The van der Waals surface area contributed by atoms with Crippen molar-refractivity contribution in [3.8, 4) is 0 Å². The van der Waals surface area contributed by atoms with Gasteiger partial charge >= 0.3 is 0 Å². The zero-order valence-corrected chi connectivity index (χ0v) is 11.4. The van der Waals surface area contributed by atoms with Crippen molar-refractivity contribution in [2.75, 3.05) is 0 Å². The van der Waals surface area contributed by atoms with Gasteiger partial charge in [0, 0.05) is 10.5 Å². The van der Waals surface area contributed by atoms with Crippen LogP contribution in [-0.4, -0.2) is 6.04 Å². The first-order chi connectivity index (χ1) is 7.65. The Labute approximate surface area is 107 Å². The second kappa shape index (κ2) is 5.33. The third-order valence-corrected chi connectivity index (χ3v) is 4.25. The van der Waals surface area contributed by atoms with E-state index in [-0.39, 0.29) is 0 Å². The maximum atomic E-state index is 6.30. The first-order valence-corrected chi connectivity index (χ1v) is 6.94. The Balaban J connectivity index is 1.91. The third-order valence-electron chi connectivity index (χ3n) is 3.73. The average Bonchev–Trinajstić information content (AvgIpc) is 2.68. The molecule has 0 radical (unpaired) electrons. The molecular weight excluding hydrogens is 262 g/mol. The fourth-order valence-corrected chi connectivity index (χ4v) is 2.96. The molecule has 0 bridgehead atoms.